The van der Waals surface area contributed by atoms with Crippen LogP contribution in [0, 0.1) is 5.92 Å². The average molecular weight is 357 g/mol. The molecule has 0 aliphatic carbocycles. The number of amides is 2. The monoisotopic (exact) mass is 357 g/mol. The van der Waals surface area contributed by atoms with Crippen molar-refractivity contribution in [2.45, 2.75) is 44.3 Å². The highest BCUT2D eigenvalue weighted by atomic mass is 16.5. The molecule has 0 saturated carbocycles. The molecule has 7 nitrogen and oxygen atoms in total. The van der Waals surface area contributed by atoms with E-state index in [0.29, 0.717) is 36.7 Å². The SMILES string of the molecule is NC(=O)[C@H]1CC[C@@H](C2CCN(C(=O)Cc3noc4ccccc34)CC2)O1. The van der Waals surface area contributed by atoms with Gasteiger partial charge in [0.1, 0.15) is 11.8 Å². The first kappa shape index (κ1) is 17.0. The maximum atomic E-state index is 12.6. The number of primary amides is 1. The normalized spacial score (nSPS) is 24.2. The number of carbonyl (C=O) groups is 2. The summed E-state index contributed by atoms with van der Waals surface area (Å²) in [5, 5.41) is 4.94. The zero-order chi connectivity index (χ0) is 18.1. The van der Waals surface area contributed by atoms with Gasteiger partial charge in [0.05, 0.1) is 12.5 Å². The molecule has 0 bridgehead atoms. The van der Waals surface area contributed by atoms with E-state index in [4.69, 9.17) is 15.0 Å². The number of rotatable bonds is 4. The number of carbonyl (C=O) groups excluding carboxylic acids is 2. The van der Waals surface area contributed by atoms with Crippen LogP contribution in [-0.2, 0) is 20.7 Å². The largest absolute Gasteiger partial charge is 0.367 e. The van der Waals surface area contributed by atoms with E-state index < -0.39 is 6.10 Å². The van der Waals surface area contributed by atoms with Crippen LogP contribution in [0.2, 0.25) is 0 Å². The number of para-hydroxylation sites is 1. The highest BCUT2D eigenvalue weighted by molar-refractivity contribution is 5.86. The third kappa shape index (κ3) is 3.31. The number of nitrogens with zero attached hydrogens (tertiary/aromatic N) is 2. The number of benzene rings is 1. The number of nitrogens with two attached hydrogens (primary N) is 1. The Bertz CT molecular complexity index is 810. The lowest BCUT2D eigenvalue weighted by Gasteiger charge is -2.34. The zero-order valence-electron chi connectivity index (χ0n) is 14.6. The summed E-state index contributed by atoms with van der Waals surface area (Å²) in [6, 6.07) is 7.58. The number of aromatic nitrogens is 1. The summed E-state index contributed by atoms with van der Waals surface area (Å²) in [5.74, 6) is 0.0843. The van der Waals surface area contributed by atoms with Gasteiger partial charge in [-0.1, -0.05) is 17.3 Å². The summed E-state index contributed by atoms with van der Waals surface area (Å²) < 4.78 is 11.1. The first-order valence-corrected chi connectivity index (χ1v) is 9.17. The van der Waals surface area contributed by atoms with Crippen molar-refractivity contribution in [3.05, 3.63) is 30.0 Å². The lowest BCUT2D eigenvalue weighted by molar-refractivity contribution is -0.133. The Morgan fingerprint density at radius 3 is 2.65 bits per heavy atom. The maximum Gasteiger partial charge on any atom is 0.246 e. The van der Waals surface area contributed by atoms with Crippen molar-refractivity contribution in [1.82, 2.24) is 10.1 Å². The van der Waals surface area contributed by atoms with Crippen LogP contribution >= 0.6 is 0 Å². The third-order valence-corrected chi connectivity index (χ3v) is 5.56. The molecular formula is C19H23N3O4. The van der Waals surface area contributed by atoms with Gasteiger partial charge in [-0.25, -0.2) is 0 Å². The van der Waals surface area contributed by atoms with Crippen molar-refractivity contribution < 1.29 is 18.8 Å². The minimum atomic E-state index is -0.444. The third-order valence-electron chi connectivity index (χ3n) is 5.56. The number of fused-ring (bicyclic) bond motifs is 1. The fourth-order valence-corrected chi connectivity index (χ4v) is 4.06. The van der Waals surface area contributed by atoms with Gasteiger partial charge in [-0.2, -0.15) is 0 Å². The van der Waals surface area contributed by atoms with Crippen LogP contribution < -0.4 is 5.73 Å². The molecule has 1 aromatic heterocycles. The van der Waals surface area contributed by atoms with E-state index in [2.05, 4.69) is 5.16 Å². The van der Waals surface area contributed by atoms with Crippen LogP contribution in [0.5, 0.6) is 0 Å². The van der Waals surface area contributed by atoms with Gasteiger partial charge in [0.15, 0.2) is 5.58 Å². The van der Waals surface area contributed by atoms with E-state index in [1.807, 2.05) is 29.2 Å². The minimum absolute atomic E-state index is 0.0739. The predicted octanol–water partition coefficient (Wildman–Crippen LogP) is 1.64. The van der Waals surface area contributed by atoms with Crippen molar-refractivity contribution in [1.29, 1.82) is 0 Å². The second-order valence-corrected chi connectivity index (χ2v) is 7.16. The summed E-state index contributed by atoms with van der Waals surface area (Å²) in [7, 11) is 0. The van der Waals surface area contributed by atoms with Gasteiger partial charge in [-0.3, -0.25) is 9.59 Å². The van der Waals surface area contributed by atoms with Crippen LogP contribution in [0.3, 0.4) is 0 Å². The van der Waals surface area contributed by atoms with Crippen LogP contribution in [0.4, 0.5) is 0 Å². The molecule has 2 fully saturated rings. The Labute approximate surface area is 151 Å². The van der Waals surface area contributed by atoms with Gasteiger partial charge in [-0.05, 0) is 43.7 Å². The summed E-state index contributed by atoms with van der Waals surface area (Å²) in [6.07, 6.45) is 3.26. The molecule has 7 heteroatoms. The fraction of sp³-hybridized carbons (Fsp3) is 0.526. The molecule has 2 saturated heterocycles. The second-order valence-electron chi connectivity index (χ2n) is 7.16. The Morgan fingerprint density at radius 1 is 1.15 bits per heavy atom. The molecule has 2 aromatic rings. The van der Waals surface area contributed by atoms with E-state index in [0.717, 1.165) is 24.6 Å². The smallest absolute Gasteiger partial charge is 0.246 e. The summed E-state index contributed by atoms with van der Waals surface area (Å²) in [6.45, 7) is 1.42. The molecule has 2 aliphatic heterocycles. The second kappa shape index (κ2) is 7.07. The number of hydrogen-bond acceptors (Lipinski definition) is 5. The molecule has 2 aliphatic rings. The molecule has 2 amide bonds. The van der Waals surface area contributed by atoms with E-state index in [1.165, 1.54) is 0 Å². The van der Waals surface area contributed by atoms with E-state index >= 15 is 0 Å². The van der Waals surface area contributed by atoms with Crippen molar-refractivity contribution in [3.8, 4) is 0 Å². The Kier molecular flexibility index (Phi) is 4.63. The average Bonchev–Trinajstić information content (AvgIpc) is 3.30. The molecular weight excluding hydrogens is 334 g/mol. The van der Waals surface area contributed by atoms with Crippen LogP contribution in [0.15, 0.2) is 28.8 Å². The molecule has 0 spiro atoms. The van der Waals surface area contributed by atoms with Crippen molar-refractivity contribution in [2.24, 2.45) is 11.7 Å². The van der Waals surface area contributed by atoms with E-state index in [1.54, 1.807) is 0 Å². The molecule has 2 N–H and O–H groups in total. The summed E-state index contributed by atoms with van der Waals surface area (Å²) in [4.78, 5) is 25.8. The lowest BCUT2D eigenvalue weighted by atomic mass is 9.89. The Morgan fingerprint density at radius 2 is 1.92 bits per heavy atom. The van der Waals surface area contributed by atoms with Crippen molar-refractivity contribution in [3.63, 3.8) is 0 Å². The number of hydrogen-bond donors (Lipinski definition) is 1. The van der Waals surface area contributed by atoms with Gasteiger partial charge in [0.25, 0.3) is 0 Å². The minimum Gasteiger partial charge on any atom is -0.367 e. The standard InChI is InChI=1S/C19H23N3O4/c20-19(24)17-6-5-15(25-17)12-7-9-22(10-8-12)18(23)11-14-13-3-1-2-4-16(13)26-21-14/h1-4,12,15,17H,5-11H2,(H2,20,24)/t15-,17+/m0/s1. The number of piperidine rings is 1. The molecule has 0 unspecified atom stereocenters. The van der Waals surface area contributed by atoms with Gasteiger partial charge in [0, 0.05) is 18.5 Å². The molecule has 1 aromatic carbocycles. The van der Waals surface area contributed by atoms with E-state index in [9.17, 15) is 9.59 Å². The van der Waals surface area contributed by atoms with Crippen LogP contribution in [0.1, 0.15) is 31.4 Å². The fourth-order valence-electron chi connectivity index (χ4n) is 4.06. The molecule has 4 rings (SSSR count). The molecule has 0 radical (unpaired) electrons. The first-order chi connectivity index (χ1) is 12.6. The van der Waals surface area contributed by atoms with Crippen molar-refractivity contribution in [2.75, 3.05) is 13.1 Å². The predicted molar refractivity (Wildman–Crippen MR) is 94.1 cm³/mol. The maximum absolute atomic E-state index is 12.6. The molecule has 26 heavy (non-hydrogen) atoms. The zero-order valence-corrected chi connectivity index (χ0v) is 14.6. The van der Waals surface area contributed by atoms with Crippen LogP contribution in [0.25, 0.3) is 11.0 Å². The topological polar surface area (TPSA) is 98.7 Å². The quantitative estimate of drug-likeness (QED) is 0.897. The molecule has 138 valence electrons. The van der Waals surface area contributed by atoms with Gasteiger partial charge in [-0.15, -0.1) is 0 Å². The summed E-state index contributed by atoms with van der Waals surface area (Å²) >= 11 is 0. The van der Waals surface area contributed by atoms with Crippen LogP contribution in [-0.4, -0.2) is 47.2 Å². The highest BCUT2D eigenvalue weighted by Gasteiger charge is 2.36. The highest BCUT2D eigenvalue weighted by Crippen LogP contribution is 2.32. The van der Waals surface area contributed by atoms with E-state index in [-0.39, 0.29) is 24.3 Å². The summed E-state index contributed by atoms with van der Waals surface area (Å²) in [5.41, 5.74) is 6.72. The van der Waals surface area contributed by atoms with Gasteiger partial charge in [0.2, 0.25) is 11.8 Å². The Balaban J connectivity index is 1.32. The van der Waals surface area contributed by atoms with Gasteiger partial charge < -0.3 is 19.9 Å². The van der Waals surface area contributed by atoms with Crippen molar-refractivity contribution >= 4 is 22.8 Å². The number of ether oxygens (including phenoxy) is 1. The first-order valence-electron chi connectivity index (χ1n) is 9.17. The number of likely N-dealkylation sites (tertiary alicyclic amines) is 1. The Hall–Kier alpha value is -2.41. The molecule has 3 heterocycles. The van der Waals surface area contributed by atoms with Gasteiger partial charge >= 0.3 is 0 Å². The molecule has 2 atom stereocenters. The lowest BCUT2D eigenvalue weighted by Crippen LogP contribution is -2.42.